The largest absolute Gasteiger partial charge is 0.872 e. The van der Waals surface area contributed by atoms with Crippen molar-refractivity contribution in [3.05, 3.63) is 102 Å². The van der Waals surface area contributed by atoms with Crippen LogP contribution in [0.1, 0.15) is 0 Å². The summed E-state index contributed by atoms with van der Waals surface area (Å²) < 4.78 is 2.96. The smallest absolute Gasteiger partial charge is 0.357 e. The van der Waals surface area contributed by atoms with Crippen molar-refractivity contribution in [2.45, 2.75) is 0 Å². The molecule has 0 aliphatic rings. The third kappa shape index (κ3) is 6.07. The number of hydrogen-bond donors (Lipinski definition) is 0. The lowest BCUT2D eigenvalue weighted by molar-refractivity contribution is -0.597. The third-order valence-corrected chi connectivity index (χ3v) is 5.42. The van der Waals surface area contributed by atoms with Gasteiger partial charge in [-0.2, -0.15) is 0 Å². The standard InChI is InChI=1S/C12H10I.C6H5NO3/c1-3-7-11(8-4-1)13-12-9-5-2-6-10-12;8-6-3-1-5(2-4-6)7(9)10/h1-10H;1-4,8H/q+1;/p-1. The van der Waals surface area contributed by atoms with E-state index in [4.69, 9.17) is 0 Å². The summed E-state index contributed by atoms with van der Waals surface area (Å²) >= 11 is 0.0287. The number of hydrogen-bond acceptors (Lipinski definition) is 3. The fourth-order valence-corrected chi connectivity index (χ4v) is 3.92. The van der Waals surface area contributed by atoms with Crippen LogP contribution in [-0.4, -0.2) is 4.92 Å². The van der Waals surface area contributed by atoms with Crippen LogP contribution in [0.3, 0.4) is 0 Å². The highest BCUT2D eigenvalue weighted by molar-refractivity contribution is 5.34. The highest BCUT2D eigenvalue weighted by atomic mass is 127. The van der Waals surface area contributed by atoms with E-state index in [2.05, 4.69) is 60.7 Å². The summed E-state index contributed by atoms with van der Waals surface area (Å²) in [5, 5.41) is 20.4. The zero-order chi connectivity index (χ0) is 16.5. The van der Waals surface area contributed by atoms with Gasteiger partial charge in [0.2, 0.25) is 0 Å². The van der Waals surface area contributed by atoms with E-state index in [-0.39, 0.29) is 32.6 Å². The van der Waals surface area contributed by atoms with Crippen LogP contribution in [0, 0.1) is 17.3 Å². The fourth-order valence-electron chi connectivity index (χ4n) is 1.65. The summed E-state index contributed by atoms with van der Waals surface area (Å²) in [7, 11) is 0. The lowest BCUT2D eigenvalue weighted by Crippen LogP contribution is -3.61. The van der Waals surface area contributed by atoms with Crippen molar-refractivity contribution in [3.63, 3.8) is 0 Å². The number of non-ortho nitro benzene ring substituents is 1. The van der Waals surface area contributed by atoms with Crippen molar-refractivity contribution in [2.75, 3.05) is 0 Å². The molecule has 0 amide bonds. The third-order valence-electron chi connectivity index (χ3n) is 2.73. The number of halogens is 1. The fraction of sp³-hybridized carbons (Fsp3) is 0. The van der Waals surface area contributed by atoms with Gasteiger partial charge in [-0.3, -0.25) is 10.1 Å². The molecule has 0 saturated carbocycles. The second kappa shape index (κ2) is 8.89. The van der Waals surface area contributed by atoms with Crippen molar-refractivity contribution in [2.24, 2.45) is 0 Å². The van der Waals surface area contributed by atoms with Gasteiger partial charge in [0.05, 0.1) is 4.92 Å². The highest BCUT2D eigenvalue weighted by Gasteiger charge is 2.12. The average molecular weight is 419 g/mol. The van der Waals surface area contributed by atoms with Gasteiger partial charge in [-0.25, -0.2) is 0 Å². The summed E-state index contributed by atoms with van der Waals surface area (Å²) in [6.45, 7) is 0. The molecule has 3 aromatic carbocycles. The molecule has 0 aromatic heterocycles. The Balaban J connectivity index is 0.000000174. The van der Waals surface area contributed by atoms with Crippen LogP contribution in [0.25, 0.3) is 0 Å². The van der Waals surface area contributed by atoms with Crippen LogP contribution < -0.4 is 26.3 Å². The van der Waals surface area contributed by atoms with Gasteiger partial charge < -0.3 is 5.11 Å². The predicted molar refractivity (Wildman–Crippen MR) is 82.8 cm³/mol. The number of rotatable bonds is 3. The van der Waals surface area contributed by atoms with Crippen molar-refractivity contribution < 1.29 is 31.2 Å². The Kier molecular flexibility index (Phi) is 6.56. The lowest BCUT2D eigenvalue weighted by atomic mass is 10.3. The molecule has 116 valence electrons. The van der Waals surface area contributed by atoms with E-state index < -0.39 is 4.92 Å². The summed E-state index contributed by atoms with van der Waals surface area (Å²) in [5.74, 6) is -0.217. The first kappa shape index (κ1) is 17.0. The molecule has 0 radical (unpaired) electrons. The Labute approximate surface area is 144 Å². The van der Waals surface area contributed by atoms with Crippen molar-refractivity contribution >= 4 is 5.69 Å². The minimum absolute atomic E-state index is 0.0287. The first-order chi connectivity index (χ1) is 11.1. The van der Waals surface area contributed by atoms with Gasteiger partial charge in [-0.1, -0.05) is 48.5 Å². The van der Waals surface area contributed by atoms with Gasteiger partial charge in [0.15, 0.2) is 7.14 Å². The molecule has 0 heterocycles. The Morgan fingerprint density at radius 2 is 1.13 bits per heavy atom. The Bertz CT molecular complexity index is 694. The van der Waals surface area contributed by atoms with E-state index in [1.807, 2.05) is 0 Å². The number of benzene rings is 3. The van der Waals surface area contributed by atoms with Gasteiger partial charge in [-0.15, -0.1) is 5.75 Å². The average Bonchev–Trinajstić information content (AvgIpc) is 2.58. The van der Waals surface area contributed by atoms with Crippen molar-refractivity contribution in [1.82, 2.24) is 0 Å². The summed E-state index contributed by atoms with van der Waals surface area (Å²) in [5.41, 5.74) is -0.0559. The molecule has 23 heavy (non-hydrogen) atoms. The molecule has 0 unspecified atom stereocenters. The number of nitrogens with zero attached hydrogens (tertiary/aromatic N) is 1. The van der Waals surface area contributed by atoms with E-state index in [1.54, 1.807) is 0 Å². The van der Waals surface area contributed by atoms with Gasteiger partial charge in [-0.05, 0) is 24.3 Å². The lowest BCUT2D eigenvalue weighted by Gasteiger charge is -2.00. The normalized spacial score (nSPS) is 9.57. The molecule has 0 N–H and O–H groups in total. The second-order valence-corrected chi connectivity index (χ2v) is 7.47. The van der Waals surface area contributed by atoms with Crippen molar-refractivity contribution in [3.8, 4) is 5.75 Å². The van der Waals surface area contributed by atoms with Crippen LogP contribution in [0.5, 0.6) is 5.75 Å². The summed E-state index contributed by atoms with van der Waals surface area (Å²) in [6.07, 6.45) is 0. The van der Waals surface area contributed by atoms with Gasteiger partial charge in [0, 0.05) is 12.1 Å². The molecule has 3 rings (SSSR count). The van der Waals surface area contributed by atoms with Gasteiger partial charge in [0.1, 0.15) is 0 Å². The molecule has 3 aromatic rings. The van der Waals surface area contributed by atoms with Crippen LogP contribution >= 0.6 is 0 Å². The Morgan fingerprint density at radius 3 is 1.52 bits per heavy atom. The van der Waals surface area contributed by atoms with E-state index in [1.165, 1.54) is 19.3 Å². The van der Waals surface area contributed by atoms with Crippen LogP contribution in [0.2, 0.25) is 0 Å². The minimum Gasteiger partial charge on any atom is -0.872 e. The molecule has 0 fully saturated rings. The maximum absolute atomic E-state index is 10.4. The van der Waals surface area contributed by atoms with Gasteiger partial charge in [0.25, 0.3) is 5.69 Å². The van der Waals surface area contributed by atoms with Gasteiger partial charge >= 0.3 is 21.2 Å². The molecule has 0 aliphatic carbocycles. The summed E-state index contributed by atoms with van der Waals surface area (Å²) in [4.78, 5) is 9.47. The quantitative estimate of drug-likeness (QED) is 0.353. The summed E-state index contributed by atoms with van der Waals surface area (Å²) in [6, 6.07) is 26.1. The molecule has 0 spiro atoms. The van der Waals surface area contributed by atoms with Crippen LogP contribution in [0.15, 0.2) is 84.9 Å². The van der Waals surface area contributed by atoms with Crippen LogP contribution in [-0.2, 0) is 0 Å². The monoisotopic (exact) mass is 419 g/mol. The number of nitro groups is 1. The maximum Gasteiger partial charge on any atom is 0.357 e. The Hall–Kier alpha value is -2.41. The zero-order valence-corrected chi connectivity index (χ0v) is 14.3. The molecule has 0 bridgehead atoms. The SMILES string of the molecule is O=[N+]([O-])c1ccc([O-])cc1.c1ccc([I+]c2ccccc2)cc1. The zero-order valence-electron chi connectivity index (χ0n) is 12.1. The molecule has 0 aliphatic heterocycles. The molecule has 0 atom stereocenters. The maximum atomic E-state index is 10.4. The van der Waals surface area contributed by atoms with Crippen molar-refractivity contribution in [1.29, 1.82) is 0 Å². The molecular formula is C18H14INO3. The Morgan fingerprint density at radius 1 is 0.696 bits per heavy atom. The van der Waals surface area contributed by atoms with E-state index in [0.29, 0.717) is 0 Å². The predicted octanol–water partition coefficient (Wildman–Crippen LogP) is 0.483. The highest BCUT2D eigenvalue weighted by Crippen LogP contribution is 2.12. The molecule has 0 saturated heterocycles. The number of nitro benzene ring substituents is 1. The first-order valence-electron chi connectivity index (χ1n) is 6.81. The second-order valence-electron chi connectivity index (χ2n) is 4.44. The minimum atomic E-state index is -0.542. The van der Waals surface area contributed by atoms with E-state index in [0.717, 1.165) is 12.1 Å². The molecule has 4 nitrogen and oxygen atoms in total. The molecular weight excluding hydrogens is 405 g/mol. The van der Waals surface area contributed by atoms with Crippen LogP contribution in [0.4, 0.5) is 5.69 Å². The van der Waals surface area contributed by atoms with E-state index >= 15 is 0 Å². The van der Waals surface area contributed by atoms with E-state index in [9.17, 15) is 15.2 Å². The molecule has 5 heteroatoms. The topological polar surface area (TPSA) is 66.2 Å². The first-order valence-corrected chi connectivity index (χ1v) is 8.97.